The number of carbonyl (C=O) groups is 1. The number of phenols is 1. The van der Waals surface area contributed by atoms with Gasteiger partial charge in [0.15, 0.2) is 5.75 Å². The van der Waals surface area contributed by atoms with Gasteiger partial charge in [0, 0.05) is 18.0 Å². The van der Waals surface area contributed by atoms with Gasteiger partial charge in [-0.15, -0.1) is 11.3 Å². The van der Waals surface area contributed by atoms with E-state index in [2.05, 4.69) is 9.97 Å². The van der Waals surface area contributed by atoms with Crippen molar-refractivity contribution < 1.29 is 14.6 Å². The molecule has 0 bridgehead atoms. The van der Waals surface area contributed by atoms with Crippen LogP contribution in [0.15, 0.2) is 36.7 Å². The molecular weight excluding hydrogens is 264 g/mol. The van der Waals surface area contributed by atoms with Gasteiger partial charge in [0.1, 0.15) is 21.0 Å². The second-order valence-electron chi connectivity index (χ2n) is 3.73. The molecule has 5 nitrogen and oxygen atoms in total. The van der Waals surface area contributed by atoms with Gasteiger partial charge in [0.2, 0.25) is 0 Å². The molecule has 3 rings (SSSR count). The van der Waals surface area contributed by atoms with Crippen LogP contribution in [0.5, 0.6) is 11.5 Å². The van der Waals surface area contributed by atoms with Crippen molar-refractivity contribution in [2.75, 3.05) is 0 Å². The second kappa shape index (κ2) is 4.66. The Balaban J connectivity index is 2.22. The van der Waals surface area contributed by atoms with Crippen molar-refractivity contribution in [2.45, 2.75) is 0 Å². The summed E-state index contributed by atoms with van der Waals surface area (Å²) in [7, 11) is 0. The van der Waals surface area contributed by atoms with Crippen molar-refractivity contribution >= 4 is 28.0 Å². The molecule has 0 spiro atoms. The molecule has 0 aliphatic heterocycles. The van der Waals surface area contributed by atoms with Gasteiger partial charge in [-0.25, -0.2) is 4.98 Å². The normalized spacial score (nSPS) is 10.5. The summed E-state index contributed by atoms with van der Waals surface area (Å²) in [5.41, 5.74) is 1.37. The number of fused-ring (bicyclic) bond motifs is 1. The van der Waals surface area contributed by atoms with E-state index >= 15 is 0 Å². The number of thiazole rings is 1. The van der Waals surface area contributed by atoms with Gasteiger partial charge in [-0.3, -0.25) is 9.78 Å². The van der Waals surface area contributed by atoms with Gasteiger partial charge >= 0.3 is 0 Å². The molecule has 3 aromatic rings. The van der Waals surface area contributed by atoms with Crippen LogP contribution in [-0.2, 0) is 4.79 Å². The Hall–Kier alpha value is -2.47. The highest BCUT2D eigenvalue weighted by Crippen LogP contribution is 2.39. The molecular formula is C13H8N2O3S. The van der Waals surface area contributed by atoms with Crippen LogP contribution in [-0.4, -0.2) is 21.5 Å². The molecule has 0 amide bonds. The number of aromatic nitrogens is 2. The monoisotopic (exact) mass is 272 g/mol. The van der Waals surface area contributed by atoms with Crippen molar-refractivity contribution in [2.24, 2.45) is 0 Å². The summed E-state index contributed by atoms with van der Waals surface area (Å²) in [4.78, 5) is 18.8. The first-order valence-electron chi connectivity index (χ1n) is 5.43. The van der Waals surface area contributed by atoms with Gasteiger partial charge in [-0.05, 0) is 24.3 Å². The van der Waals surface area contributed by atoms with Crippen LogP contribution in [0, 0.1) is 0 Å². The zero-order chi connectivity index (χ0) is 13.2. The zero-order valence-corrected chi connectivity index (χ0v) is 10.4. The smallest absolute Gasteiger partial charge is 0.298 e. The SMILES string of the molecule is O=COc1ccc(O)c2sc(-c3ccncc3)nc12. The van der Waals surface area contributed by atoms with Crippen molar-refractivity contribution in [1.29, 1.82) is 0 Å². The Kier molecular flexibility index (Phi) is 2.85. The van der Waals surface area contributed by atoms with Crippen LogP contribution in [0.1, 0.15) is 0 Å². The van der Waals surface area contributed by atoms with E-state index in [-0.39, 0.29) is 5.75 Å². The lowest BCUT2D eigenvalue weighted by molar-refractivity contribution is -0.120. The standard InChI is InChI=1S/C13H8N2O3S/c16-7-18-10-2-1-9(17)12-11(10)15-13(19-12)8-3-5-14-6-4-8/h1-7,17H. The summed E-state index contributed by atoms with van der Waals surface area (Å²) in [5.74, 6) is 0.449. The number of rotatable bonds is 3. The number of hydrogen-bond donors (Lipinski definition) is 1. The topological polar surface area (TPSA) is 72.3 Å². The number of benzene rings is 1. The summed E-state index contributed by atoms with van der Waals surface area (Å²) in [5, 5.41) is 10.6. The van der Waals surface area contributed by atoms with Gasteiger partial charge < -0.3 is 9.84 Å². The summed E-state index contributed by atoms with van der Waals surface area (Å²) < 4.78 is 5.45. The van der Waals surface area contributed by atoms with Crippen LogP contribution < -0.4 is 4.74 Å². The number of carbonyl (C=O) groups excluding carboxylic acids is 1. The van der Waals surface area contributed by atoms with E-state index in [4.69, 9.17) is 4.74 Å². The van der Waals surface area contributed by atoms with Gasteiger partial charge in [-0.2, -0.15) is 0 Å². The minimum Gasteiger partial charge on any atom is -0.506 e. The number of hydrogen-bond acceptors (Lipinski definition) is 6. The summed E-state index contributed by atoms with van der Waals surface area (Å²) in [6.07, 6.45) is 3.34. The third-order valence-corrected chi connectivity index (χ3v) is 3.72. The fraction of sp³-hybridized carbons (Fsp3) is 0. The third-order valence-electron chi connectivity index (χ3n) is 2.59. The molecule has 1 N–H and O–H groups in total. The maximum absolute atomic E-state index is 10.5. The Morgan fingerprint density at radius 3 is 2.74 bits per heavy atom. The van der Waals surface area contributed by atoms with Crippen molar-refractivity contribution in [1.82, 2.24) is 9.97 Å². The van der Waals surface area contributed by atoms with E-state index in [1.165, 1.54) is 23.5 Å². The highest BCUT2D eigenvalue weighted by atomic mass is 32.1. The summed E-state index contributed by atoms with van der Waals surface area (Å²) in [6.45, 7) is 0.345. The molecule has 0 fully saturated rings. The Bertz CT molecular complexity index is 740. The fourth-order valence-electron chi connectivity index (χ4n) is 1.73. The largest absolute Gasteiger partial charge is 0.506 e. The molecule has 0 saturated carbocycles. The van der Waals surface area contributed by atoms with Crippen molar-refractivity contribution in [3.05, 3.63) is 36.7 Å². The molecule has 1 aromatic carbocycles. The maximum atomic E-state index is 10.5. The molecule has 0 unspecified atom stereocenters. The van der Waals surface area contributed by atoms with Crippen LogP contribution in [0.2, 0.25) is 0 Å². The predicted molar refractivity (Wildman–Crippen MR) is 71.2 cm³/mol. The highest BCUT2D eigenvalue weighted by Gasteiger charge is 2.14. The molecule has 0 saturated heterocycles. The third kappa shape index (κ3) is 2.02. The van der Waals surface area contributed by atoms with Crippen LogP contribution >= 0.6 is 11.3 Å². The first-order valence-corrected chi connectivity index (χ1v) is 6.24. The first kappa shape index (κ1) is 11.6. The lowest BCUT2D eigenvalue weighted by atomic mass is 10.3. The van der Waals surface area contributed by atoms with E-state index in [0.717, 1.165) is 10.6 Å². The lowest BCUT2D eigenvalue weighted by Gasteiger charge is -1.99. The molecule has 0 aliphatic carbocycles. The average molecular weight is 272 g/mol. The Morgan fingerprint density at radius 1 is 1.21 bits per heavy atom. The van der Waals surface area contributed by atoms with Crippen molar-refractivity contribution in [3.63, 3.8) is 0 Å². The number of ether oxygens (including phenoxy) is 1. The molecule has 6 heteroatoms. The predicted octanol–water partition coefficient (Wildman–Crippen LogP) is 2.60. The second-order valence-corrected chi connectivity index (χ2v) is 4.73. The number of nitrogens with zero attached hydrogens (tertiary/aromatic N) is 2. The fourth-order valence-corrected chi connectivity index (χ4v) is 2.73. The van der Waals surface area contributed by atoms with Crippen molar-refractivity contribution in [3.8, 4) is 22.1 Å². The zero-order valence-electron chi connectivity index (χ0n) is 9.61. The molecule has 19 heavy (non-hydrogen) atoms. The molecule has 0 atom stereocenters. The molecule has 94 valence electrons. The number of pyridine rings is 1. The van der Waals surface area contributed by atoms with E-state index in [0.29, 0.717) is 22.4 Å². The van der Waals surface area contributed by atoms with E-state index in [1.54, 1.807) is 12.4 Å². The van der Waals surface area contributed by atoms with Gasteiger partial charge in [0.25, 0.3) is 6.47 Å². The quantitative estimate of drug-likeness (QED) is 0.742. The van der Waals surface area contributed by atoms with E-state index in [9.17, 15) is 9.90 Å². The van der Waals surface area contributed by atoms with Crippen LogP contribution in [0.3, 0.4) is 0 Å². The average Bonchev–Trinajstić information content (AvgIpc) is 2.89. The lowest BCUT2D eigenvalue weighted by Crippen LogP contribution is -1.89. The van der Waals surface area contributed by atoms with E-state index in [1.807, 2.05) is 12.1 Å². The van der Waals surface area contributed by atoms with Gasteiger partial charge in [-0.1, -0.05) is 0 Å². The first-order chi connectivity index (χ1) is 9.29. The highest BCUT2D eigenvalue weighted by molar-refractivity contribution is 7.22. The summed E-state index contributed by atoms with van der Waals surface area (Å²) >= 11 is 1.33. The van der Waals surface area contributed by atoms with E-state index < -0.39 is 0 Å². The molecule has 2 heterocycles. The molecule has 0 aliphatic rings. The minimum atomic E-state index is 0.117. The van der Waals surface area contributed by atoms with Crippen LogP contribution in [0.25, 0.3) is 20.8 Å². The summed E-state index contributed by atoms with van der Waals surface area (Å²) in [6, 6.07) is 6.65. The van der Waals surface area contributed by atoms with Crippen LogP contribution in [0.4, 0.5) is 0 Å². The van der Waals surface area contributed by atoms with Gasteiger partial charge in [0.05, 0.1) is 0 Å². The Morgan fingerprint density at radius 2 is 2.00 bits per heavy atom. The molecule has 2 aromatic heterocycles. The minimum absolute atomic E-state index is 0.117. The number of aromatic hydroxyl groups is 1. The molecule has 0 radical (unpaired) electrons. The maximum Gasteiger partial charge on any atom is 0.298 e. The Labute approximate surface area is 112 Å². The number of phenolic OH excluding ortho intramolecular Hbond substituents is 1.